The molecule has 1 fully saturated rings. The van der Waals surface area contributed by atoms with E-state index in [1.807, 2.05) is 6.20 Å². The lowest BCUT2D eigenvalue weighted by molar-refractivity contribution is 0.478. The van der Waals surface area contributed by atoms with Crippen LogP contribution in [0.1, 0.15) is 42.5 Å². The topological polar surface area (TPSA) is 24.9 Å². The predicted octanol–water partition coefficient (Wildman–Crippen LogP) is 3.12. The van der Waals surface area contributed by atoms with Gasteiger partial charge in [-0.15, -0.1) is 11.3 Å². The van der Waals surface area contributed by atoms with E-state index >= 15 is 0 Å². The van der Waals surface area contributed by atoms with Gasteiger partial charge in [0.25, 0.3) is 0 Å². The number of nitrogens with zero attached hydrogens (tertiary/aromatic N) is 1. The first-order chi connectivity index (χ1) is 7.28. The molecule has 0 aliphatic heterocycles. The van der Waals surface area contributed by atoms with Crippen LogP contribution in [0.5, 0.6) is 0 Å². The first kappa shape index (κ1) is 11.1. The predicted molar refractivity (Wildman–Crippen MR) is 65.1 cm³/mol. The van der Waals surface area contributed by atoms with Gasteiger partial charge in [0.1, 0.15) is 0 Å². The Morgan fingerprint density at radius 3 is 3.00 bits per heavy atom. The summed E-state index contributed by atoms with van der Waals surface area (Å²) in [7, 11) is 0. The van der Waals surface area contributed by atoms with Crippen LogP contribution in [0, 0.1) is 12.8 Å². The van der Waals surface area contributed by atoms with Gasteiger partial charge in [0, 0.05) is 23.7 Å². The second-order valence-electron chi connectivity index (χ2n) is 4.51. The van der Waals surface area contributed by atoms with E-state index in [2.05, 4.69) is 24.1 Å². The van der Waals surface area contributed by atoms with Crippen molar-refractivity contribution in [3.05, 3.63) is 16.1 Å². The molecule has 15 heavy (non-hydrogen) atoms. The Kier molecular flexibility index (Phi) is 3.76. The Morgan fingerprint density at radius 2 is 2.40 bits per heavy atom. The lowest BCUT2D eigenvalue weighted by atomic mass is 10.1. The molecule has 1 aliphatic carbocycles. The highest BCUT2D eigenvalue weighted by atomic mass is 32.1. The van der Waals surface area contributed by atoms with Crippen LogP contribution in [-0.2, 0) is 6.54 Å². The zero-order valence-electron chi connectivity index (χ0n) is 9.62. The normalized spacial score (nSPS) is 26.0. The third-order valence-electron chi connectivity index (χ3n) is 3.35. The van der Waals surface area contributed by atoms with Crippen LogP contribution in [0.2, 0.25) is 0 Å². The summed E-state index contributed by atoms with van der Waals surface area (Å²) in [6, 6.07) is 0.748. The van der Waals surface area contributed by atoms with Crippen LogP contribution in [0.3, 0.4) is 0 Å². The third kappa shape index (κ3) is 3.02. The Balaban J connectivity index is 1.75. The number of hydrogen-bond donors (Lipinski definition) is 1. The molecular weight excluding hydrogens is 204 g/mol. The summed E-state index contributed by atoms with van der Waals surface area (Å²) in [4.78, 5) is 5.64. The van der Waals surface area contributed by atoms with E-state index in [0.29, 0.717) is 0 Å². The number of thiazole rings is 1. The molecule has 1 heterocycles. The number of aryl methyl sites for hydroxylation is 1. The Bertz CT molecular complexity index is 308. The van der Waals surface area contributed by atoms with Crippen molar-refractivity contribution < 1.29 is 0 Å². The SMILES string of the molecule is CCC1CCC(NCc2cnc(C)s2)C1. The largest absolute Gasteiger partial charge is 0.309 e. The Labute approximate surface area is 96.1 Å². The van der Waals surface area contributed by atoms with E-state index in [1.54, 1.807) is 11.3 Å². The van der Waals surface area contributed by atoms with Gasteiger partial charge < -0.3 is 5.32 Å². The summed E-state index contributed by atoms with van der Waals surface area (Å²) in [5.41, 5.74) is 0. The third-order valence-corrected chi connectivity index (χ3v) is 4.27. The summed E-state index contributed by atoms with van der Waals surface area (Å²) >= 11 is 1.80. The first-order valence-electron chi connectivity index (χ1n) is 5.92. The molecule has 2 rings (SSSR count). The summed E-state index contributed by atoms with van der Waals surface area (Å²) in [6.07, 6.45) is 7.48. The van der Waals surface area contributed by atoms with Crippen molar-refractivity contribution >= 4 is 11.3 Å². The van der Waals surface area contributed by atoms with Gasteiger partial charge in [0.05, 0.1) is 5.01 Å². The van der Waals surface area contributed by atoms with Crippen LogP contribution >= 0.6 is 11.3 Å². The van der Waals surface area contributed by atoms with E-state index in [0.717, 1.165) is 18.5 Å². The fraction of sp³-hybridized carbons (Fsp3) is 0.750. The molecule has 0 saturated heterocycles. The van der Waals surface area contributed by atoms with Gasteiger partial charge in [-0.1, -0.05) is 13.3 Å². The molecule has 0 aromatic carbocycles. The van der Waals surface area contributed by atoms with Crippen LogP contribution in [-0.4, -0.2) is 11.0 Å². The van der Waals surface area contributed by atoms with Crippen molar-refractivity contribution in [3.8, 4) is 0 Å². The van der Waals surface area contributed by atoms with Gasteiger partial charge in [-0.05, 0) is 32.1 Å². The van der Waals surface area contributed by atoms with Crippen LogP contribution in [0.4, 0.5) is 0 Å². The minimum absolute atomic E-state index is 0.748. The quantitative estimate of drug-likeness (QED) is 0.850. The molecule has 0 amide bonds. The molecule has 84 valence electrons. The molecule has 2 unspecified atom stereocenters. The Hall–Kier alpha value is -0.410. The molecule has 1 N–H and O–H groups in total. The van der Waals surface area contributed by atoms with E-state index < -0.39 is 0 Å². The number of rotatable bonds is 4. The summed E-state index contributed by atoms with van der Waals surface area (Å²) in [5, 5.41) is 4.82. The maximum absolute atomic E-state index is 4.27. The summed E-state index contributed by atoms with van der Waals surface area (Å²) in [6.45, 7) is 5.38. The number of hydrogen-bond acceptors (Lipinski definition) is 3. The van der Waals surface area contributed by atoms with E-state index in [9.17, 15) is 0 Å². The molecule has 3 heteroatoms. The zero-order valence-corrected chi connectivity index (χ0v) is 10.4. The number of aromatic nitrogens is 1. The molecule has 0 radical (unpaired) electrons. The lowest BCUT2D eigenvalue weighted by Gasteiger charge is -2.11. The van der Waals surface area contributed by atoms with Crippen LogP contribution in [0.25, 0.3) is 0 Å². The minimum atomic E-state index is 0.748. The standard InChI is InChI=1S/C12H20N2S/c1-3-10-4-5-11(6-10)14-8-12-7-13-9(2)15-12/h7,10-11,14H,3-6,8H2,1-2H3. The molecule has 2 nitrogen and oxygen atoms in total. The fourth-order valence-electron chi connectivity index (χ4n) is 2.36. The lowest BCUT2D eigenvalue weighted by Crippen LogP contribution is -2.25. The highest BCUT2D eigenvalue weighted by Crippen LogP contribution is 2.28. The van der Waals surface area contributed by atoms with Gasteiger partial charge in [-0.2, -0.15) is 0 Å². The fourth-order valence-corrected chi connectivity index (χ4v) is 3.11. The van der Waals surface area contributed by atoms with Crippen molar-refractivity contribution in [2.75, 3.05) is 0 Å². The van der Waals surface area contributed by atoms with Crippen molar-refractivity contribution in [2.45, 2.75) is 52.1 Å². The molecule has 1 aromatic rings. The zero-order chi connectivity index (χ0) is 10.7. The highest BCUT2D eigenvalue weighted by molar-refractivity contribution is 7.11. The van der Waals surface area contributed by atoms with Crippen LogP contribution < -0.4 is 5.32 Å². The van der Waals surface area contributed by atoms with Crippen molar-refractivity contribution in [1.29, 1.82) is 0 Å². The summed E-state index contributed by atoms with van der Waals surface area (Å²) < 4.78 is 0. The molecule has 0 bridgehead atoms. The molecular formula is C12H20N2S. The second-order valence-corrected chi connectivity index (χ2v) is 5.83. The number of nitrogens with one attached hydrogen (secondary N) is 1. The van der Waals surface area contributed by atoms with Gasteiger partial charge in [-0.25, -0.2) is 4.98 Å². The van der Waals surface area contributed by atoms with Crippen molar-refractivity contribution in [1.82, 2.24) is 10.3 Å². The molecule has 1 saturated carbocycles. The van der Waals surface area contributed by atoms with Gasteiger partial charge in [0.15, 0.2) is 0 Å². The van der Waals surface area contributed by atoms with E-state index in [-0.39, 0.29) is 0 Å². The average Bonchev–Trinajstić information content (AvgIpc) is 2.83. The first-order valence-corrected chi connectivity index (χ1v) is 6.74. The second kappa shape index (κ2) is 5.08. The van der Waals surface area contributed by atoms with E-state index in [1.165, 1.54) is 35.6 Å². The Morgan fingerprint density at radius 1 is 1.53 bits per heavy atom. The highest BCUT2D eigenvalue weighted by Gasteiger charge is 2.22. The van der Waals surface area contributed by atoms with Crippen LogP contribution in [0.15, 0.2) is 6.20 Å². The molecule has 0 spiro atoms. The molecule has 2 atom stereocenters. The molecule has 1 aliphatic rings. The summed E-state index contributed by atoms with van der Waals surface area (Å²) in [5.74, 6) is 0.964. The average molecular weight is 224 g/mol. The van der Waals surface area contributed by atoms with Gasteiger partial charge in [0.2, 0.25) is 0 Å². The van der Waals surface area contributed by atoms with Gasteiger partial charge in [-0.3, -0.25) is 0 Å². The van der Waals surface area contributed by atoms with E-state index in [4.69, 9.17) is 0 Å². The monoisotopic (exact) mass is 224 g/mol. The van der Waals surface area contributed by atoms with Crippen molar-refractivity contribution in [2.24, 2.45) is 5.92 Å². The van der Waals surface area contributed by atoms with Gasteiger partial charge >= 0.3 is 0 Å². The smallest absolute Gasteiger partial charge is 0.0897 e. The minimum Gasteiger partial charge on any atom is -0.309 e. The molecule has 1 aromatic heterocycles. The van der Waals surface area contributed by atoms with Crippen molar-refractivity contribution in [3.63, 3.8) is 0 Å². The maximum atomic E-state index is 4.27. The maximum Gasteiger partial charge on any atom is 0.0897 e.